The summed E-state index contributed by atoms with van der Waals surface area (Å²) < 4.78 is 0. The van der Waals surface area contributed by atoms with E-state index in [1.165, 1.54) is 5.56 Å². The van der Waals surface area contributed by atoms with Crippen LogP contribution in [0.5, 0.6) is 0 Å². The van der Waals surface area contributed by atoms with Crippen LogP contribution >= 0.6 is 0 Å². The molecule has 2 heterocycles. The largest absolute Gasteiger partial charge is 0.398 e. The number of hydrogen-bond acceptors (Lipinski definition) is 3. The van der Waals surface area contributed by atoms with Crippen molar-refractivity contribution in [3.8, 4) is 0 Å². The lowest BCUT2D eigenvalue weighted by molar-refractivity contribution is -0.138. The van der Waals surface area contributed by atoms with E-state index in [1.54, 1.807) is 4.90 Å². The number of carbonyl (C=O) groups is 2. The molecule has 1 saturated heterocycles. The van der Waals surface area contributed by atoms with E-state index in [-0.39, 0.29) is 18.4 Å². The van der Waals surface area contributed by atoms with Gasteiger partial charge in [0.15, 0.2) is 0 Å². The standard InChI is InChI=1S/C15H19N3O2/c16-13-4-1-3-11-6-8-18(9-12(11)13)15(20)10-17-7-2-5-14(17)19/h1,3-4H,2,5-10,16H2. The molecule has 0 aliphatic carbocycles. The van der Waals surface area contributed by atoms with Gasteiger partial charge in [0.1, 0.15) is 0 Å². The van der Waals surface area contributed by atoms with Gasteiger partial charge in [-0.25, -0.2) is 0 Å². The van der Waals surface area contributed by atoms with E-state index < -0.39 is 0 Å². The number of nitrogens with zero attached hydrogens (tertiary/aromatic N) is 2. The molecule has 1 fully saturated rings. The number of likely N-dealkylation sites (tertiary alicyclic amines) is 1. The zero-order valence-corrected chi connectivity index (χ0v) is 11.5. The highest BCUT2D eigenvalue weighted by Gasteiger charge is 2.27. The van der Waals surface area contributed by atoms with Crippen LogP contribution in [0.1, 0.15) is 24.0 Å². The number of anilines is 1. The van der Waals surface area contributed by atoms with Crippen molar-refractivity contribution in [2.45, 2.75) is 25.8 Å². The summed E-state index contributed by atoms with van der Waals surface area (Å²) in [6.07, 6.45) is 2.27. The lowest BCUT2D eigenvalue weighted by Crippen LogP contribution is -2.43. The molecule has 2 aliphatic rings. The minimum absolute atomic E-state index is 0.0224. The molecule has 0 radical (unpaired) electrons. The quantitative estimate of drug-likeness (QED) is 0.810. The van der Waals surface area contributed by atoms with Crippen molar-refractivity contribution < 1.29 is 9.59 Å². The van der Waals surface area contributed by atoms with Crippen LogP contribution in [0.2, 0.25) is 0 Å². The van der Waals surface area contributed by atoms with E-state index in [1.807, 2.05) is 17.0 Å². The van der Waals surface area contributed by atoms with Crippen molar-refractivity contribution >= 4 is 17.5 Å². The number of rotatable bonds is 2. The van der Waals surface area contributed by atoms with Gasteiger partial charge in [-0.3, -0.25) is 9.59 Å². The van der Waals surface area contributed by atoms with E-state index in [0.717, 1.165) is 24.1 Å². The maximum Gasteiger partial charge on any atom is 0.242 e. The summed E-state index contributed by atoms with van der Waals surface area (Å²) >= 11 is 0. The lowest BCUT2D eigenvalue weighted by Gasteiger charge is -2.31. The molecule has 0 aromatic heterocycles. The minimum atomic E-state index is 0.0224. The highest BCUT2D eigenvalue weighted by molar-refractivity contribution is 5.86. The Balaban J connectivity index is 1.69. The average molecular weight is 273 g/mol. The summed E-state index contributed by atoms with van der Waals surface area (Å²) in [5, 5.41) is 0. The molecular weight excluding hydrogens is 254 g/mol. The SMILES string of the molecule is Nc1cccc2c1CN(C(=O)CN1CCCC1=O)CC2. The van der Waals surface area contributed by atoms with Gasteiger partial charge in [0.05, 0.1) is 6.54 Å². The summed E-state index contributed by atoms with van der Waals surface area (Å²) in [6, 6.07) is 5.89. The van der Waals surface area contributed by atoms with Crippen molar-refractivity contribution in [3.05, 3.63) is 29.3 Å². The third kappa shape index (κ3) is 2.35. The molecule has 2 aliphatic heterocycles. The number of carbonyl (C=O) groups excluding carboxylic acids is 2. The summed E-state index contributed by atoms with van der Waals surface area (Å²) in [4.78, 5) is 27.4. The average Bonchev–Trinajstić information content (AvgIpc) is 2.84. The third-order valence-electron chi connectivity index (χ3n) is 4.16. The van der Waals surface area contributed by atoms with Gasteiger partial charge in [-0.05, 0) is 30.0 Å². The first kappa shape index (κ1) is 13.0. The molecule has 0 atom stereocenters. The van der Waals surface area contributed by atoms with Gasteiger partial charge in [0.2, 0.25) is 11.8 Å². The Labute approximate surface area is 118 Å². The maximum absolute atomic E-state index is 12.3. The van der Waals surface area contributed by atoms with Crippen LogP contribution in [-0.4, -0.2) is 41.2 Å². The van der Waals surface area contributed by atoms with Gasteiger partial charge >= 0.3 is 0 Å². The highest BCUT2D eigenvalue weighted by Crippen LogP contribution is 2.24. The molecule has 5 nitrogen and oxygen atoms in total. The molecule has 2 amide bonds. The number of fused-ring (bicyclic) bond motifs is 1. The summed E-state index contributed by atoms with van der Waals surface area (Å²) in [5.41, 5.74) is 9.02. The Morgan fingerprint density at radius 1 is 1.25 bits per heavy atom. The van der Waals surface area contributed by atoms with E-state index in [9.17, 15) is 9.59 Å². The first-order valence-electron chi connectivity index (χ1n) is 7.07. The fourth-order valence-corrected chi connectivity index (χ4v) is 2.95. The van der Waals surface area contributed by atoms with E-state index in [0.29, 0.717) is 26.1 Å². The van der Waals surface area contributed by atoms with Crippen LogP contribution in [0, 0.1) is 0 Å². The zero-order chi connectivity index (χ0) is 14.1. The van der Waals surface area contributed by atoms with Gasteiger partial charge in [-0.2, -0.15) is 0 Å². The number of hydrogen-bond donors (Lipinski definition) is 1. The van der Waals surface area contributed by atoms with Crippen molar-refractivity contribution in [3.63, 3.8) is 0 Å². The second kappa shape index (κ2) is 5.15. The van der Waals surface area contributed by atoms with E-state index >= 15 is 0 Å². The molecule has 20 heavy (non-hydrogen) atoms. The summed E-state index contributed by atoms with van der Waals surface area (Å²) in [7, 11) is 0. The number of amides is 2. The van der Waals surface area contributed by atoms with Gasteiger partial charge in [-0.1, -0.05) is 12.1 Å². The van der Waals surface area contributed by atoms with Crippen LogP contribution in [0.15, 0.2) is 18.2 Å². The fraction of sp³-hybridized carbons (Fsp3) is 0.467. The van der Waals surface area contributed by atoms with E-state index in [2.05, 4.69) is 6.07 Å². The first-order chi connectivity index (χ1) is 9.65. The van der Waals surface area contributed by atoms with Crippen molar-refractivity contribution in [1.29, 1.82) is 0 Å². The van der Waals surface area contributed by atoms with Crippen LogP contribution in [-0.2, 0) is 22.6 Å². The lowest BCUT2D eigenvalue weighted by atomic mass is 9.98. The summed E-state index contributed by atoms with van der Waals surface area (Å²) in [6.45, 7) is 2.18. The molecular formula is C15H19N3O2. The molecule has 0 unspecified atom stereocenters. The monoisotopic (exact) mass is 273 g/mol. The van der Waals surface area contributed by atoms with Crippen molar-refractivity contribution in [1.82, 2.24) is 9.80 Å². The molecule has 0 saturated carbocycles. The van der Waals surface area contributed by atoms with Crippen LogP contribution in [0.4, 0.5) is 5.69 Å². The molecule has 106 valence electrons. The normalized spacial score (nSPS) is 18.3. The fourth-order valence-electron chi connectivity index (χ4n) is 2.95. The second-order valence-corrected chi connectivity index (χ2v) is 5.47. The number of nitrogen functional groups attached to an aromatic ring is 1. The second-order valence-electron chi connectivity index (χ2n) is 5.47. The topological polar surface area (TPSA) is 66.6 Å². The molecule has 1 aromatic rings. The molecule has 5 heteroatoms. The van der Waals surface area contributed by atoms with Crippen LogP contribution in [0.25, 0.3) is 0 Å². The molecule has 0 bridgehead atoms. The third-order valence-corrected chi connectivity index (χ3v) is 4.16. The maximum atomic E-state index is 12.3. The molecule has 3 rings (SSSR count). The Bertz CT molecular complexity index is 556. The Hall–Kier alpha value is -2.04. The summed E-state index contributed by atoms with van der Waals surface area (Å²) in [5.74, 6) is 0.115. The number of benzene rings is 1. The Kier molecular flexibility index (Phi) is 3.34. The Morgan fingerprint density at radius 2 is 2.10 bits per heavy atom. The molecule has 0 spiro atoms. The minimum Gasteiger partial charge on any atom is -0.398 e. The first-order valence-corrected chi connectivity index (χ1v) is 7.07. The predicted molar refractivity (Wildman–Crippen MR) is 75.8 cm³/mol. The van der Waals surface area contributed by atoms with Gasteiger partial charge in [0.25, 0.3) is 0 Å². The van der Waals surface area contributed by atoms with Crippen LogP contribution < -0.4 is 5.73 Å². The predicted octanol–water partition coefficient (Wildman–Crippen LogP) is 0.776. The molecule has 2 N–H and O–H groups in total. The van der Waals surface area contributed by atoms with Crippen molar-refractivity contribution in [2.75, 3.05) is 25.4 Å². The van der Waals surface area contributed by atoms with Gasteiger partial charge in [0, 0.05) is 31.7 Å². The smallest absolute Gasteiger partial charge is 0.242 e. The molecule has 1 aromatic carbocycles. The Morgan fingerprint density at radius 3 is 2.85 bits per heavy atom. The van der Waals surface area contributed by atoms with Gasteiger partial charge < -0.3 is 15.5 Å². The van der Waals surface area contributed by atoms with Crippen LogP contribution in [0.3, 0.4) is 0 Å². The van der Waals surface area contributed by atoms with Gasteiger partial charge in [-0.15, -0.1) is 0 Å². The highest BCUT2D eigenvalue weighted by atomic mass is 16.2. The number of nitrogens with two attached hydrogens (primary N) is 1. The van der Waals surface area contributed by atoms with E-state index in [4.69, 9.17) is 5.73 Å². The van der Waals surface area contributed by atoms with Crippen molar-refractivity contribution in [2.24, 2.45) is 0 Å². The zero-order valence-electron chi connectivity index (χ0n) is 11.5.